The summed E-state index contributed by atoms with van der Waals surface area (Å²) in [6.07, 6.45) is 9.96. The van der Waals surface area contributed by atoms with Crippen molar-refractivity contribution in [1.82, 2.24) is 5.32 Å². The van der Waals surface area contributed by atoms with Crippen LogP contribution in [0.4, 0.5) is 4.79 Å². The minimum atomic E-state index is -1.01. The first kappa shape index (κ1) is 21.8. The average Bonchev–Trinajstić information content (AvgIpc) is 2.96. The van der Waals surface area contributed by atoms with Gasteiger partial charge in [0.05, 0.1) is 6.61 Å². The third kappa shape index (κ3) is 5.37. The standard InChI is InChI=1S/C22H37NO4S/c1-22(2,3)28-13-19(20(24)25)23-21(26)27-12-18-16-10-6-4-8-14(16)15-9-5-7-11-17(15)18/h14-19H,4-13H2,1-3H3,(H,23,26)(H,24,25). The van der Waals surface area contributed by atoms with E-state index in [9.17, 15) is 14.7 Å². The van der Waals surface area contributed by atoms with Gasteiger partial charge in [-0.3, -0.25) is 0 Å². The summed E-state index contributed by atoms with van der Waals surface area (Å²) in [4.78, 5) is 23.9. The highest BCUT2D eigenvalue weighted by Crippen LogP contribution is 2.57. The molecule has 0 aliphatic heterocycles. The molecular weight excluding hydrogens is 374 g/mol. The monoisotopic (exact) mass is 411 g/mol. The Morgan fingerprint density at radius 1 is 1.00 bits per heavy atom. The molecule has 5 nitrogen and oxygen atoms in total. The van der Waals surface area contributed by atoms with E-state index in [2.05, 4.69) is 5.32 Å². The Morgan fingerprint density at radius 3 is 1.96 bits per heavy atom. The summed E-state index contributed by atoms with van der Waals surface area (Å²) in [6, 6.07) is -0.912. The maximum Gasteiger partial charge on any atom is 0.407 e. The number of hydrogen-bond donors (Lipinski definition) is 2. The maximum absolute atomic E-state index is 12.4. The predicted molar refractivity (Wildman–Crippen MR) is 113 cm³/mol. The van der Waals surface area contributed by atoms with Gasteiger partial charge < -0.3 is 15.2 Å². The van der Waals surface area contributed by atoms with Crippen molar-refractivity contribution in [2.75, 3.05) is 12.4 Å². The molecule has 28 heavy (non-hydrogen) atoms. The third-order valence-electron chi connectivity index (χ3n) is 7.08. The lowest BCUT2D eigenvalue weighted by atomic mass is 9.73. The molecule has 160 valence electrons. The Kier molecular flexibility index (Phi) is 7.21. The Hall–Kier alpha value is -0.910. The van der Waals surface area contributed by atoms with E-state index in [1.165, 1.54) is 63.1 Å². The van der Waals surface area contributed by atoms with Gasteiger partial charge >= 0.3 is 12.1 Å². The molecular formula is C22H37NO4S. The zero-order valence-electron chi connectivity index (χ0n) is 17.6. The number of hydrogen-bond acceptors (Lipinski definition) is 4. The Balaban J connectivity index is 1.54. The van der Waals surface area contributed by atoms with Gasteiger partial charge in [-0.1, -0.05) is 46.5 Å². The minimum Gasteiger partial charge on any atom is -0.480 e. The molecule has 6 heteroatoms. The van der Waals surface area contributed by atoms with E-state index in [1.54, 1.807) is 0 Å². The van der Waals surface area contributed by atoms with Gasteiger partial charge in [-0.2, -0.15) is 11.8 Å². The minimum absolute atomic E-state index is 0.0465. The smallest absolute Gasteiger partial charge is 0.407 e. The SMILES string of the molecule is CC(C)(C)SCC(NC(=O)OCC1C2CCCCC2C2CCCCC21)C(=O)O. The van der Waals surface area contributed by atoms with Crippen LogP contribution in [0.3, 0.4) is 0 Å². The fourth-order valence-electron chi connectivity index (χ4n) is 5.93. The molecule has 3 fully saturated rings. The average molecular weight is 412 g/mol. The van der Waals surface area contributed by atoms with E-state index in [4.69, 9.17) is 4.74 Å². The summed E-state index contributed by atoms with van der Waals surface area (Å²) >= 11 is 1.53. The van der Waals surface area contributed by atoms with Crippen molar-refractivity contribution < 1.29 is 19.4 Å². The van der Waals surface area contributed by atoms with Crippen LogP contribution in [-0.4, -0.2) is 40.3 Å². The molecule has 0 radical (unpaired) electrons. The van der Waals surface area contributed by atoms with E-state index < -0.39 is 18.1 Å². The maximum atomic E-state index is 12.4. The molecule has 0 saturated heterocycles. The van der Waals surface area contributed by atoms with Crippen molar-refractivity contribution in [3.8, 4) is 0 Å². The second-order valence-corrected chi connectivity index (χ2v) is 11.8. The van der Waals surface area contributed by atoms with Crippen molar-refractivity contribution >= 4 is 23.8 Å². The molecule has 0 aromatic heterocycles. The second-order valence-electron chi connectivity index (χ2n) is 9.95. The Labute approximate surface area is 173 Å². The predicted octanol–water partition coefficient (Wildman–Crippen LogP) is 4.94. The lowest BCUT2D eigenvalue weighted by Crippen LogP contribution is -2.44. The fourth-order valence-corrected chi connectivity index (χ4v) is 6.82. The Bertz CT molecular complexity index is 539. The second kappa shape index (κ2) is 9.27. The van der Waals surface area contributed by atoms with E-state index in [0.29, 0.717) is 30.1 Å². The number of carbonyl (C=O) groups excluding carboxylic acids is 1. The number of amides is 1. The number of carbonyl (C=O) groups is 2. The van der Waals surface area contributed by atoms with E-state index >= 15 is 0 Å². The van der Waals surface area contributed by atoms with Crippen LogP contribution in [0.15, 0.2) is 0 Å². The van der Waals surface area contributed by atoms with Crippen LogP contribution < -0.4 is 5.32 Å². The van der Waals surface area contributed by atoms with Crippen molar-refractivity contribution in [3.05, 3.63) is 0 Å². The molecule has 3 aliphatic carbocycles. The van der Waals surface area contributed by atoms with Gasteiger partial charge in [-0.15, -0.1) is 0 Å². The zero-order chi connectivity index (χ0) is 20.3. The molecule has 0 bridgehead atoms. The molecule has 5 atom stereocenters. The normalized spacial score (nSPS) is 33.5. The van der Waals surface area contributed by atoms with Gasteiger partial charge in [-0.05, 0) is 55.3 Å². The first-order valence-corrected chi connectivity index (χ1v) is 12.0. The summed E-state index contributed by atoms with van der Waals surface area (Å²) in [5.41, 5.74) is 0. The van der Waals surface area contributed by atoms with E-state index in [-0.39, 0.29) is 4.75 Å². The van der Waals surface area contributed by atoms with Crippen LogP contribution in [0, 0.1) is 29.6 Å². The molecule has 3 aliphatic rings. The van der Waals surface area contributed by atoms with Gasteiger partial charge in [0.2, 0.25) is 0 Å². The molecule has 5 unspecified atom stereocenters. The number of alkyl carbamates (subject to hydrolysis) is 1. The van der Waals surface area contributed by atoms with Gasteiger partial charge in [0, 0.05) is 10.5 Å². The lowest BCUT2D eigenvalue weighted by molar-refractivity contribution is -0.138. The highest BCUT2D eigenvalue weighted by atomic mass is 32.2. The summed E-state index contributed by atoms with van der Waals surface area (Å²) < 4.78 is 5.57. The van der Waals surface area contributed by atoms with Gasteiger partial charge in [0.25, 0.3) is 0 Å². The molecule has 0 aromatic rings. The summed E-state index contributed by atoms with van der Waals surface area (Å²) in [5, 5.41) is 12.0. The number of carboxylic acids is 1. The van der Waals surface area contributed by atoms with E-state index in [1.807, 2.05) is 20.8 Å². The molecule has 2 N–H and O–H groups in total. The molecule has 0 aromatic carbocycles. The largest absolute Gasteiger partial charge is 0.480 e. The number of carboxylic acid groups (broad SMARTS) is 1. The van der Waals surface area contributed by atoms with Crippen LogP contribution >= 0.6 is 11.8 Å². The molecule has 0 heterocycles. The third-order valence-corrected chi connectivity index (χ3v) is 8.45. The molecule has 3 rings (SSSR count). The first-order valence-electron chi connectivity index (χ1n) is 11.1. The lowest BCUT2D eigenvalue weighted by Gasteiger charge is -2.32. The number of rotatable bonds is 6. The Morgan fingerprint density at radius 2 is 1.50 bits per heavy atom. The van der Waals surface area contributed by atoms with Crippen molar-refractivity contribution in [3.63, 3.8) is 0 Å². The quantitative estimate of drug-likeness (QED) is 0.647. The van der Waals surface area contributed by atoms with Crippen LogP contribution in [0.1, 0.15) is 72.1 Å². The fraction of sp³-hybridized carbons (Fsp3) is 0.909. The number of aliphatic carboxylic acids is 1. The summed E-state index contributed by atoms with van der Waals surface area (Å²) in [5.74, 6) is 2.84. The van der Waals surface area contributed by atoms with Crippen molar-refractivity contribution in [2.24, 2.45) is 29.6 Å². The van der Waals surface area contributed by atoms with Gasteiger partial charge in [-0.25, -0.2) is 9.59 Å². The zero-order valence-corrected chi connectivity index (χ0v) is 18.4. The summed E-state index contributed by atoms with van der Waals surface area (Å²) in [7, 11) is 0. The molecule has 3 saturated carbocycles. The van der Waals surface area contributed by atoms with Gasteiger partial charge in [0.1, 0.15) is 6.04 Å². The van der Waals surface area contributed by atoms with Crippen molar-refractivity contribution in [1.29, 1.82) is 0 Å². The molecule has 1 amide bonds. The number of thioether (sulfide) groups is 1. The van der Waals surface area contributed by atoms with Crippen LogP contribution in [0.5, 0.6) is 0 Å². The van der Waals surface area contributed by atoms with E-state index in [0.717, 1.165) is 11.8 Å². The first-order chi connectivity index (χ1) is 13.3. The van der Waals surface area contributed by atoms with Crippen LogP contribution in [-0.2, 0) is 9.53 Å². The number of ether oxygens (including phenoxy) is 1. The number of nitrogens with one attached hydrogen (secondary N) is 1. The highest BCUT2D eigenvalue weighted by Gasteiger charge is 2.51. The van der Waals surface area contributed by atoms with Crippen LogP contribution in [0.2, 0.25) is 0 Å². The molecule has 0 spiro atoms. The highest BCUT2D eigenvalue weighted by molar-refractivity contribution is 8.00. The van der Waals surface area contributed by atoms with Crippen molar-refractivity contribution in [2.45, 2.75) is 82.9 Å². The van der Waals surface area contributed by atoms with Gasteiger partial charge in [0.15, 0.2) is 0 Å². The summed E-state index contributed by atoms with van der Waals surface area (Å²) in [6.45, 7) is 6.56. The van der Waals surface area contributed by atoms with Crippen LogP contribution in [0.25, 0.3) is 0 Å². The number of fused-ring (bicyclic) bond motifs is 3. The topological polar surface area (TPSA) is 75.6 Å².